The van der Waals surface area contributed by atoms with Gasteiger partial charge in [-0.15, -0.1) is 6.58 Å². The third kappa shape index (κ3) is 7.43. The minimum Gasteiger partial charge on any atom is -0.461 e. The fourth-order valence-electron chi connectivity index (χ4n) is 5.97. The lowest BCUT2D eigenvalue weighted by molar-refractivity contribution is -0.154. The summed E-state index contributed by atoms with van der Waals surface area (Å²) in [6.07, 6.45) is 1.71. The predicted octanol–water partition coefficient (Wildman–Crippen LogP) is 5.36. The van der Waals surface area contributed by atoms with E-state index < -0.39 is 24.2 Å². The molecule has 2 heterocycles. The predicted molar refractivity (Wildman–Crippen MR) is 165 cm³/mol. The van der Waals surface area contributed by atoms with Crippen LogP contribution < -0.4 is 0 Å². The number of carbonyl (C=O) groups excluding carboxylic acids is 4. The van der Waals surface area contributed by atoms with Crippen LogP contribution in [0.5, 0.6) is 0 Å². The number of amides is 3. The van der Waals surface area contributed by atoms with Crippen LogP contribution in [0.3, 0.4) is 0 Å². The van der Waals surface area contributed by atoms with Gasteiger partial charge in [-0.05, 0) is 48.8 Å². The molecule has 3 aromatic rings. The molecular weight excluding hydrogens is 556 g/mol. The molecule has 3 atom stereocenters. The SMILES string of the molecule is C=CC[C@@H](Cc1ccccc1)C(=O)N1C(=O)O[C@@H](C(=O)N2CCC(C(=O)OCc3ccccc3)CC2)[C@@H]1Cc1ccccc1. The lowest BCUT2D eigenvalue weighted by Crippen LogP contribution is -2.52. The van der Waals surface area contributed by atoms with Crippen molar-refractivity contribution in [3.8, 4) is 0 Å². The Balaban J connectivity index is 1.28. The van der Waals surface area contributed by atoms with Gasteiger partial charge >= 0.3 is 12.1 Å². The minimum absolute atomic E-state index is 0.207. The van der Waals surface area contributed by atoms with Crippen LogP contribution in [-0.4, -0.2) is 58.9 Å². The summed E-state index contributed by atoms with van der Waals surface area (Å²) in [5, 5.41) is 0. The fraction of sp³-hybridized carbons (Fsp3) is 0.333. The molecule has 3 amide bonds. The van der Waals surface area contributed by atoms with E-state index in [1.807, 2.05) is 91.0 Å². The van der Waals surface area contributed by atoms with Gasteiger partial charge in [-0.25, -0.2) is 9.69 Å². The van der Waals surface area contributed by atoms with Gasteiger partial charge < -0.3 is 14.4 Å². The molecule has 0 N–H and O–H groups in total. The number of nitrogens with zero attached hydrogens (tertiary/aromatic N) is 2. The highest BCUT2D eigenvalue weighted by Gasteiger charge is 2.51. The number of carbonyl (C=O) groups is 4. The van der Waals surface area contributed by atoms with Gasteiger partial charge in [0.1, 0.15) is 6.61 Å². The molecule has 8 nitrogen and oxygen atoms in total. The summed E-state index contributed by atoms with van der Waals surface area (Å²) in [7, 11) is 0. The Morgan fingerprint density at radius 1 is 0.864 bits per heavy atom. The molecule has 0 aromatic heterocycles. The molecule has 0 aliphatic carbocycles. The number of ether oxygens (including phenoxy) is 2. The monoisotopic (exact) mass is 594 g/mol. The lowest BCUT2D eigenvalue weighted by atomic mass is 9.92. The number of benzene rings is 3. The molecule has 0 radical (unpaired) electrons. The maximum absolute atomic E-state index is 14.0. The molecule has 228 valence electrons. The van der Waals surface area contributed by atoms with Gasteiger partial charge in [0.05, 0.1) is 12.0 Å². The molecule has 0 saturated carbocycles. The van der Waals surface area contributed by atoms with Crippen LogP contribution in [0.15, 0.2) is 104 Å². The number of cyclic esters (lactones) is 1. The second-order valence-corrected chi connectivity index (χ2v) is 11.4. The number of piperidine rings is 1. The number of imide groups is 1. The van der Waals surface area contributed by atoms with Crippen LogP contribution in [0.2, 0.25) is 0 Å². The maximum Gasteiger partial charge on any atom is 0.417 e. The topological polar surface area (TPSA) is 93.2 Å². The van der Waals surface area contributed by atoms with Crippen molar-refractivity contribution < 1.29 is 28.7 Å². The second-order valence-electron chi connectivity index (χ2n) is 11.4. The zero-order chi connectivity index (χ0) is 30.9. The van der Waals surface area contributed by atoms with Crippen molar-refractivity contribution in [3.63, 3.8) is 0 Å². The van der Waals surface area contributed by atoms with E-state index in [-0.39, 0.29) is 36.7 Å². The van der Waals surface area contributed by atoms with E-state index in [2.05, 4.69) is 6.58 Å². The molecule has 2 aliphatic rings. The van der Waals surface area contributed by atoms with Gasteiger partial charge in [0.25, 0.3) is 5.91 Å². The normalized spacial score (nSPS) is 19.2. The zero-order valence-electron chi connectivity index (χ0n) is 24.8. The average molecular weight is 595 g/mol. The van der Waals surface area contributed by atoms with Gasteiger partial charge in [-0.2, -0.15) is 0 Å². The van der Waals surface area contributed by atoms with Crippen molar-refractivity contribution in [1.29, 1.82) is 0 Å². The molecule has 2 fully saturated rings. The third-order valence-corrected chi connectivity index (χ3v) is 8.36. The number of likely N-dealkylation sites (tertiary alicyclic amines) is 1. The Kier molecular flexibility index (Phi) is 10.2. The molecule has 8 heteroatoms. The summed E-state index contributed by atoms with van der Waals surface area (Å²) in [5.74, 6) is -1.86. The van der Waals surface area contributed by atoms with Crippen LogP contribution in [-0.2, 0) is 43.3 Å². The minimum atomic E-state index is -1.14. The zero-order valence-corrected chi connectivity index (χ0v) is 24.8. The summed E-state index contributed by atoms with van der Waals surface area (Å²) < 4.78 is 11.2. The molecule has 5 rings (SSSR count). The smallest absolute Gasteiger partial charge is 0.417 e. The first-order chi connectivity index (χ1) is 21.4. The summed E-state index contributed by atoms with van der Waals surface area (Å²) in [4.78, 5) is 56.7. The molecule has 44 heavy (non-hydrogen) atoms. The number of rotatable bonds is 11. The standard InChI is InChI=1S/C36H38N2O6/c1-2-12-30(23-26-13-6-3-7-14-26)33(39)38-31(24-27-15-8-4-9-16-27)32(44-36(38)42)34(40)37-21-19-29(20-22-37)35(41)43-25-28-17-10-5-11-18-28/h2-11,13-18,29-32H,1,12,19-25H2/t30-,31-,32+/m0/s1. The molecule has 2 aliphatic heterocycles. The van der Waals surface area contributed by atoms with E-state index in [1.54, 1.807) is 11.0 Å². The largest absolute Gasteiger partial charge is 0.461 e. The van der Waals surface area contributed by atoms with E-state index in [9.17, 15) is 19.2 Å². The summed E-state index contributed by atoms with van der Waals surface area (Å²) >= 11 is 0. The Morgan fingerprint density at radius 3 is 2.02 bits per heavy atom. The van der Waals surface area contributed by atoms with E-state index in [4.69, 9.17) is 9.47 Å². The molecular formula is C36H38N2O6. The van der Waals surface area contributed by atoms with Crippen molar-refractivity contribution in [1.82, 2.24) is 9.80 Å². The van der Waals surface area contributed by atoms with Crippen LogP contribution in [0.25, 0.3) is 0 Å². The van der Waals surface area contributed by atoms with E-state index >= 15 is 0 Å². The van der Waals surface area contributed by atoms with Crippen molar-refractivity contribution in [2.45, 2.75) is 50.9 Å². The Bertz CT molecular complexity index is 1440. The number of hydrogen-bond donors (Lipinski definition) is 0. The van der Waals surface area contributed by atoms with Crippen LogP contribution in [0.4, 0.5) is 4.79 Å². The molecule has 0 spiro atoms. The van der Waals surface area contributed by atoms with Gasteiger partial charge in [0, 0.05) is 19.0 Å². The summed E-state index contributed by atoms with van der Waals surface area (Å²) in [6.45, 7) is 4.69. The second kappa shape index (κ2) is 14.6. The maximum atomic E-state index is 14.0. The summed E-state index contributed by atoms with van der Waals surface area (Å²) in [5.41, 5.74) is 2.77. The van der Waals surface area contributed by atoms with Gasteiger partial charge in [0.15, 0.2) is 0 Å². The van der Waals surface area contributed by atoms with Gasteiger partial charge in [0.2, 0.25) is 12.0 Å². The molecule has 0 bridgehead atoms. The molecule has 0 unspecified atom stereocenters. The third-order valence-electron chi connectivity index (χ3n) is 8.36. The number of allylic oxidation sites excluding steroid dienone is 1. The van der Waals surface area contributed by atoms with E-state index in [0.717, 1.165) is 21.6 Å². The lowest BCUT2D eigenvalue weighted by Gasteiger charge is -2.33. The average Bonchev–Trinajstić information content (AvgIpc) is 3.39. The van der Waals surface area contributed by atoms with Crippen molar-refractivity contribution in [3.05, 3.63) is 120 Å². The van der Waals surface area contributed by atoms with Crippen molar-refractivity contribution in [2.24, 2.45) is 11.8 Å². The molecule has 2 saturated heterocycles. The van der Waals surface area contributed by atoms with Crippen molar-refractivity contribution >= 4 is 23.9 Å². The Hall–Kier alpha value is -4.72. The highest BCUT2D eigenvalue weighted by Crippen LogP contribution is 2.30. The fourth-order valence-corrected chi connectivity index (χ4v) is 5.97. The van der Waals surface area contributed by atoms with Crippen molar-refractivity contribution in [2.75, 3.05) is 13.1 Å². The Morgan fingerprint density at radius 2 is 1.43 bits per heavy atom. The van der Waals surface area contributed by atoms with E-state index in [0.29, 0.717) is 38.8 Å². The summed E-state index contributed by atoms with van der Waals surface area (Å²) in [6, 6.07) is 27.8. The van der Waals surface area contributed by atoms with Crippen LogP contribution >= 0.6 is 0 Å². The number of hydrogen-bond acceptors (Lipinski definition) is 6. The highest BCUT2D eigenvalue weighted by atomic mass is 16.6. The Labute approximate surface area is 258 Å². The van der Waals surface area contributed by atoms with Crippen LogP contribution in [0, 0.1) is 11.8 Å². The van der Waals surface area contributed by atoms with Gasteiger partial charge in [-0.3, -0.25) is 14.4 Å². The quantitative estimate of drug-likeness (QED) is 0.219. The van der Waals surface area contributed by atoms with Gasteiger partial charge in [-0.1, -0.05) is 97.1 Å². The van der Waals surface area contributed by atoms with E-state index in [1.165, 1.54) is 0 Å². The number of esters is 1. The first kappa shape index (κ1) is 30.7. The molecule has 3 aromatic carbocycles. The first-order valence-corrected chi connectivity index (χ1v) is 15.2. The van der Waals surface area contributed by atoms with Crippen LogP contribution in [0.1, 0.15) is 36.0 Å². The highest BCUT2D eigenvalue weighted by molar-refractivity contribution is 5.98. The first-order valence-electron chi connectivity index (χ1n) is 15.2.